The number of carbonyl (C=O) groups is 6. The molecule has 0 radical (unpaired) electrons. The molecule has 2 atom stereocenters. The molecular formula is C90H72N4O14. The van der Waals surface area contributed by atoms with Gasteiger partial charge in [-0.15, -0.1) is 0 Å². The maximum Gasteiger partial charge on any atom is 0.262 e. The predicted octanol–water partition coefficient (Wildman–Crippen LogP) is 17.1. The van der Waals surface area contributed by atoms with Crippen LogP contribution in [0.1, 0.15) is 63.7 Å². The first-order chi connectivity index (χ1) is 52.6. The molecule has 0 spiro atoms. The number of nitrogens with one attached hydrogen (secondary N) is 2. The fraction of sp³-hybridized carbons (Fsp3) is 0.178. The number of fused-ring (bicyclic) bond motifs is 2. The van der Waals surface area contributed by atoms with Crippen molar-refractivity contribution in [3.8, 4) is 90.5 Å². The van der Waals surface area contributed by atoms with E-state index in [-0.39, 0.29) is 127 Å². The van der Waals surface area contributed by atoms with Crippen LogP contribution in [0.3, 0.4) is 0 Å². The molecule has 13 aromatic rings. The van der Waals surface area contributed by atoms with Crippen LogP contribution in [0.25, 0.3) is 87.6 Å². The third-order valence-electron chi connectivity index (χ3n) is 20.0. The SMILES string of the molecule is Cc1cccc(-c2ccc(Oc3cc4c5c(cc(Oc6ccc(-c7cccc(C)c7)cc6)c6c7c(Oc8ccc(-c9cccc(C)c9)cc8)cc8c9c(cc(Oc%10ccc(-c%11cccc(C)c%11)cc%10)c(c3c56)c97)C(=O)N(CC(=O)NCCOCC3CO3)C8=O)C(=O)N(CC(=O)NCCOCC3CO3)C4=O)cc2)c1. The molecule has 4 aliphatic rings. The second kappa shape index (κ2) is 28.7. The first-order valence-corrected chi connectivity index (χ1v) is 36.0. The van der Waals surface area contributed by atoms with Gasteiger partial charge < -0.3 is 48.5 Å². The molecule has 2 saturated heterocycles. The first kappa shape index (κ1) is 68.5. The Morgan fingerprint density at radius 2 is 0.602 bits per heavy atom. The summed E-state index contributed by atoms with van der Waals surface area (Å²) in [5.74, 6) is -2.74. The Hall–Kier alpha value is -12.6. The quantitative estimate of drug-likeness (QED) is 0.0170. The highest BCUT2D eigenvalue weighted by Gasteiger charge is 2.43. The van der Waals surface area contributed by atoms with E-state index < -0.39 is 48.5 Å². The van der Waals surface area contributed by atoms with E-state index in [2.05, 4.69) is 34.9 Å². The van der Waals surface area contributed by atoms with Gasteiger partial charge in [0.15, 0.2) is 0 Å². The van der Waals surface area contributed by atoms with Crippen molar-refractivity contribution in [2.24, 2.45) is 0 Å². The molecule has 6 amide bonds. The second-order valence-electron chi connectivity index (χ2n) is 27.8. The van der Waals surface area contributed by atoms with Gasteiger partial charge in [-0.3, -0.25) is 38.6 Å². The van der Waals surface area contributed by atoms with Gasteiger partial charge in [0.2, 0.25) is 11.8 Å². The summed E-state index contributed by atoms with van der Waals surface area (Å²) in [6, 6.07) is 68.9. The summed E-state index contributed by atoms with van der Waals surface area (Å²) in [4.78, 5) is 93.9. The molecule has 18 nitrogen and oxygen atoms in total. The average molecular weight is 1430 g/mol. The zero-order valence-electron chi connectivity index (χ0n) is 59.6. The van der Waals surface area contributed by atoms with E-state index in [4.69, 9.17) is 37.9 Å². The number of carbonyl (C=O) groups excluding carboxylic acids is 6. The van der Waals surface area contributed by atoms with Crippen LogP contribution < -0.4 is 29.6 Å². The van der Waals surface area contributed by atoms with Gasteiger partial charge in [0, 0.05) is 56.2 Å². The molecule has 13 aromatic carbocycles. The van der Waals surface area contributed by atoms with E-state index in [1.54, 1.807) is 24.3 Å². The van der Waals surface area contributed by atoms with Gasteiger partial charge in [-0.2, -0.15) is 0 Å². The van der Waals surface area contributed by atoms with Crippen LogP contribution in [0, 0.1) is 27.7 Å². The number of amides is 6. The largest absolute Gasteiger partial charge is 0.457 e. The normalized spacial score (nSPS) is 15.0. The minimum absolute atomic E-state index is 0.00540. The van der Waals surface area contributed by atoms with E-state index in [1.807, 2.05) is 198 Å². The Morgan fingerprint density at radius 3 is 0.843 bits per heavy atom. The summed E-state index contributed by atoms with van der Waals surface area (Å²) in [5.41, 5.74) is 11.8. The molecule has 0 aromatic heterocycles. The highest BCUT2D eigenvalue weighted by molar-refractivity contribution is 6.45. The highest BCUT2D eigenvalue weighted by Crippen LogP contribution is 2.58. The fourth-order valence-corrected chi connectivity index (χ4v) is 14.6. The highest BCUT2D eigenvalue weighted by atomic mass is 16.6. The number of hydrogen-bond donors (Lipinski definition) is 2. The number of ether oxygens (including phenoxy) is 8. The van der Waals surface area contributed by atoms with Gasteiger partial charge in [0.25, 0.3) is 23.6 Å². The van der Waals surface area contributed by atoms with Crippen LogP contribution in [-0.4, -0.2) is 123 Å². The lowest BCUT2D eigenvalue weighted by Gasteiger charge is -2.32. The van der Waals surface area contributed by atoms with E-state index in [1.165, 1.54) is 0 Å². The standard InChI is InChI=1S/C90H72N4O14/c1-51-9-5-13-59(37-51)55-17-25-63(26-18-55)105-73-41-69-79-70(88(98)93(87(69)97)45-77(95)91-33-35-101-47-67-49-103-67)43-75(107-65-29-21-57(22-30-65)61-15-7-11-53(3)39-61)83-84-76(108-66-31-23-58(24-32-66)62-16-8-12-54(4)40-62)44-72-80-71(89(99)94(90(72)100)46-78(96)92-34-36-102-48-68-50-104-68)42-74(82(86(80)84)81(73)85(79)83)106-64-27-19-56(20-28-64)60-14-6-10-52(2)38-60/h5-32,37-44,67-68H,33-36,45-50H2,1-4H3,(H,91,95)(H,92,96). The van der Waals surface area contributed by atoms with Crippen molar-refractivity contribution in [1.29, 1.82) is 0 Å². The Bertz CT molecular complexity index is 5130. The number of hydrogen-bond acceptors (Lipinski definition) is 14. The van der Waals surface area contributed by atoms with Crippen LogP contribution in [0.5, 0.6) is 46.0 Å². The van der Waals surface area contributed by atoms with Crippen molar-refractivity contribution in [3.63, 3.8) is 0 Å². The number of benzene rings is 13. The Labute approximate surface area is 621 Å². The summed E-state index contributed by atoms with van der Waals surface area (Å²) in [5, 5.41) is 7.70. The Morgan fingerprint density at radius 1 is 0.343 bits per heavy atom. The molecule has 0 saturated carbocycles. The molecule has 536 valence electrons. The number of aryl methyl sites for hydroxylation is 4. The molecule has 0 bridgehead atoms. The van der Waals surface area contributed by atoms with Gasteiger partial charge in [-0.25, -0.2) is 0 Å². The van der Waals surface area contributed by atoms with Gasteiger partial charge in [0.05, 0.1) is 61.9 Å². The number of rotatable bonds is 26. The summed E-state index contributed by atoms with van der Waals surface area (Å²) in [7, 11) is 0. The summed E-state index contributed by atoms with van der Waals surface area (Å²) >= 11 is 0. The topological polar surface area (TPSA) is 213 Å². The van der Waals surface area contributed by atoms with Crippen molar-refractivity contribution in [1.82, 2.24) is 20.4 Å². The zero-order valence-corrected chi connectivity index (χ0v) is 59.6. The number of nitrogens with zero attached hydrogens (tertiary/aromatic N) is 2. The second-order valence-corrected chi connectivity index (χ2v) is 27.8. The maximum absolute atomic E-state index is 15.9. The van der Waals surface area contributed by atoms with E-state index in [9.17, 15) is 9.59 Å². The lowest BCUT2D eigenvalue weighted by atomic mass is 9.80. The molecule has 2 fully saturated rings. The maximum atomic E-state index is 15.9. The lowest BCUT2D eigenvalue weighted by Crippen LogP contribution is -2.46. The van der Waals surface area contributed by atoms with Crippen LogP contribution in [-0.2, 0) is 28.5 Å². The third-order valence-corrected chi connectivity index (χ3v) is 20.0. The minimum Gasteiger partial charge on any atom is -0.457 e. The third kappa shape index (κ3) is 13.7. The first-order valence-electron chi connectivity index (χ1n) is 36.0. The number of imide groups is 2. The van der Waals surface area contributed by atoms with Gasteiger partial charge in [-0.1, -0.05) is 168 Å². The molecule has 0 aliphatic carbocycles. The molecule has 18 heteroatoms. The molecule has 2 unspecified atom stereocenters. The molecule has 17 rings (SSSR count). The van der Waals surface area contributed by atoms with E-state index in [0.29, 0.717) is 49.4 Å². The monoisotopic (exact) mass is 1430 g/mol. The summed E-state index contributed by atoms with van der Waals surface area (Å²) in [6.45, 7) is 9.22. The fourth-order valence-electron chi connectivity index (χ4n) is 14.6. The van der Waals surface area contributed by atoms with Crippen LogP contribution in [0.15, 0.2) is 218 Å². The van der Waals surface area contributed by atoms with Gasteiger partial charge in [0.1, 0.15) is 71.3 Å². The minimum atomic E-state index is -0.797. The molecule has 108 heavy (non-hydrogen) atoms. The zero-order chi connectivity index (χ0) is 73.8. The van der Waals surface area contributed by atoms with Crippen molar-refractivity contribution in [3.05, 3.63) is 263 Å². The average Bonchev–Trinajstić information content (AvgIpc) is 1.22. The van der Waals surface area contributed by atoms with Gasteiger partial charge in [-0.05, 0) is 145 Å². The smallest absolute Gasteiger partial charge is 0.262 e. The van der Waals surface area contributed by atoms with Crippen LogP contribution in [0.4, 0.5) is 0 Å². The molecule has 2 N–H and O–H groups in total. The van der Waals surface area contributed by atoms with Crippen molar-refractivity contribution >= 4 is 78.5 Å². The van der Waals surface area contributed by atoms with Crippen LogP contribution in [0.2, 0.25) is 0 Å². The van der Waals surface area contributed by atoms with Gasteiger partial charge >= 0.3 is 0 Å². The summed E-state index contributed by atoms with van der Waals surface area (Å²) in [6.07, 6.45) is 0.0116. The lowest BCUT2D eigenvalue weighted by molar-refractivity contribution is -0.122. The van der Waals surface area contributed by atoms with Crippen LogP contribution >= 0.6 is 0 Å². The molecule has 4 heterocycles. The molecule has 4 aliphatic heterocycles. The number of epoxide rings is 2. The van der Waals surface area contributed by atoms with Crippen molar-refractivity contribution in [2.45, 2.75) is 39.9 Å². The van der Waals surface area contributed by atoms with E-state index >= 15 is 19.2 Å². The van der Waals surface area contributed by atoms with Crippen molar-refractivity contribution < 1.29 is 66.7 Å². The Balaban J connectivity index is 0.938. The molecular weight excluding hydrogens is 1360 g/mol. The predicted molar refractivity (Wildman–Crippen MR) is 412 cm³/mol. The van der Waals surface area contributed by atoms with Crippen molar-refractivity contribution in [2.75, 3.05) is 65.8 Å². The Kier molecular flexibility index (Phi) is 18.2. The van der Waals surface area contributed by atoms with E-state index in [0.717, 1.165) is 76.6 Å². The summed E-state index contributed by atoms with van der Waals surface area (Å²) < 4.78 is 51.3.